The molecule has 0 radical (unpaired) electrons. The Morgan fingerprint density at radius 2 is 1.65 bits per heavy atom. The van der Waals surface area contributed by atoms with Gasteiger partial charge < -0.3 is 5.73 Å². The molecule has 0 bridgehead atoms. The van der Waals surface area contributed by atoms with Crippen LogP contribution in [0.5, 0.6) is 0 Å². The van der Waals surface area contributed by atoms with Gasteiger partial charge in [-0.15, -0.1) is 0 Å². The highest BCUT2D eigenvalue weighted by molar-refractivity contribution is 5.83. The molecule has 17 heavy (non-hydrogen) atoms. The second-order valence-corrected chi connectivity index (χ2v) is 5.37. The largest absolute Gasteiger partial charge is 0.387 e. The number of nitrogens with two attached hydrogens (primary N) is 1. The van der Waals surface area contributed by atoms with E-state index in [4.69, 9.17) is 10.7 Å². The molecule has 1 aromatic rings. The van der Waals surface area contributed by atoms with Gasteiger partial charge in [-0.3, -0.25) is 4.99 Å². The molecule has 0 unspecified atom stereocenters. The summed E-state index contributed by atoms with van der Waals surface area (Å²) >= 11 is 0. The molecule has 0 aliphatic heterocycles. The summed E-state index contributed by atoms with van der Waals surface area (Å²) in [6, 6.07) is 9.07. The van der Waals surface area contributed by atoms with E-state index in [1.807, 2.05) is 0 Å². The zero-order valence-electron chi connectivity index (χ0n) is 10.2. The number of rotatable bonds is 2. The fourth-order valence-corrected chi connectivity index (χ4v) is 3.16. The molecule has 2 nitrogen and oxygen atoms in total. The summed E-state index contributed by atoms with van der Waals surface area (Å²) in [6.45, 7) is 0. The van der Waals surface area contributed by atoms with Crippen LogP contribution in [0.4, 0.5) is 0 Å². The van der Waals surface area contributed by atoms with E-state index in [1.54, 1.807) is 0 Å². The first-order valence-corrected chi connectivity index (χ1v) is 6.73. The van der Waals surface area contributed by atoms with E-state index < -0.39 is 0 Å². The first-order chi connectivity index (χ1) is 8.33. The average Bonchev–Trinajstić information content (AvgIpc) is 2.97. The summed E-state index contributed by atoms with van der Waals surface area (Å²) < 4.78 is 0. The molecular formula is C15H20N2. The van der Waals surface area contributed by atoms with Gasteiger partial charge in [-0.2, -0.15) is 0 Å². The van der Waals surface area contributed by atoms with Crippen LogP contribution in [-0.4, -0.2) is 11.9 Å². The van der Waals surface area contributed by atoms with Gasteiger partial charge in [-0.05, 0) is 36.8 Å². The van der Waals surface area contributed by atoms with Gasteiger partial charge in [0.1, 0.15) is 0 Å². The second kappa shape index (κ2) is 4.52. The molecule has 2 aliphatic rings. The molecule has 1 fully saturated rings. The predicted molar refractivity (Wildman–Crippen MR) is 71.2 cm³/mol. The summed E-state index contributed by atoms with van der Waals surface area (Å²) in [6.07, 6.45) is 7.29. The molecule has 2 heteroatoms. The number of benzene rings is 1. The predicted octanol–water partition coefficient (Wildman–Crippen LogP) is 2.70. The van der Waals surface area contributed by atoms with Gasteiger partial charge in [0.2, 0.25) is 0 Å². The second-order valence-electron chi connectivity index (χ2n) is 5.37. The normalized spacial score (nSPS) is 22.0. The summed E-state index contributed by atoms with van der Waals surface area (Å²) in [5.41, 5.74) is 9.06. The summed E-state index contributed by atoms with van der Waals surface area (Å²) in [7, 11) is 0. The zero-order valence-corrected chi connectivity index (χ0v) is 10.2. The minimum atomic E-state index is 0.396. The molecule has 0 atom stereocenters. The van der Waals surface area contributed by atoms with E-state index in [2.05, 4.69) is 24.3 Å². The van der Waals surface area contributed by atoms with Crippen molar-refractivity contribution in [2.45, 2.75) is 44.6 Å². The Morgan fingerprint density at radius 1 is 1.06 bits per heavy atom. The highest BCUT2D eigenvalue weighted by atomic mass is 14.9. The maximum atomic E-state index is 6.14. The lowest BCUT2D eigenvalue weighted by Gasteiger charge is -2.11. The average molecular weight is 228 g/mol. The Morgan fingerprint density at radius 3 is 2.24 bits per heavy atom. The van der Waals surface area contributed by atoms with Crippen molar-refractivity contribution in [3.05, 3.63) is 35.4 Å². The molecule has 0 amide bonds. The number of aliphatic imine (C=N–C) groups is 1. The van der Waals surface area contributed by atoms with E-state index in [0.717, 1.165) is 18.7 Å². The van der Waals surface area contributed by atoms with Crippen molar-refractivity contribution in [3.63, 3.8) is 0 Å². The van der Waals surface area contributed by atoms with Gasteiger partial charge in [-0.25, -0.2) is 0 Å². The molecule has 0 aromatic heterocycles. The Bertz CT molecular complexity index is 405. The first-order valence-electron chi connectivity index (χ1n) is 6.73. The first kappa shape index (κ1) is 10.8. The molecule has 1 saturated carbocycles. The third kappa shape index (κ3) is 2.21. The van der Waals surface area contributed by atoms with Crippen LogP contribution in [0, 0.1) is 5.92 Å². The molecule has 0 heterocycles. The minimum absolute atomic E-state index is 0.396. The van der Waals surface area contributed by atoms with Crippen LogP contribution in [0.2, 0.25) is 0 Å². The Hall–Kier alpha value is -1.31. The van der Waals surface area contributed by atoms with Crippen LogP contribution in [0.1, 0.15) is 36.8 Å². The molecule has 2 aliphatic carbocycles. The lowest BCUT2D eigenvalue weighted by Crippen LogP contribution is -2.24. The van der Waals surface area contributed by atoms with Crippen molar-refractivity contribution in [2.75, 3.05) is 0 Å². The number of hydrogen-bond acceptors (Lipinski definition) is 1. The van der Waals surface area contributed by atoms with Gasteiger partial charge in [0, 0.05) is 5.92 Å². The highest BCUT2D eigenvalue weighted by Gasteiger charge is 2.23. The lowest BCUT2D eigenvalue weighted by atomic mass is 10.1. The maximum absolute atomic E-state index is 6.14. The van der Waals surface area contributed by atoms with Gasteiger partial charge in [0.05, 0.1) is 11.9 Å². The van der Waals surface area contributed by atoms with Crippen LogP contribution in [0.15, 0.2) is 29.3 Å². The van der Waals surface area contributed by atoms with Crippen LogP contribution in [-0.2, 0) is 12.8 Å². The molecule has 1 aromatic carbocycles. The quantitative estimate of drug-likeness (QED) is 0.613. The van der Waals surface area contributed by atoms with E-state index in [9.17, 15) is 0 Å². The molecule has 0 saturated heterocycles. The van der Waals surface area contributed by atoms with Crippen LogP contribution >= 0.6 is 0 Å². The fraction of sp³-hybridized carbons (Fsp3) is 0.533. The van der Waals surface area contributed by atoms with E-state index >= 15 is 0 Å². The SMILES string of the molecule is NC(=NC1Cc2ccccc2C1)C1CCCC1. The summed E-state index contributed by atoms with van der Waals surface area (Å²) in [4.78, 5) is 4.77. The smallest absolute Gasteiger partial charge is 0.0972 e. The molecule has 2 N–H and O–H groups in total. The van der Waals surface area contributed by atoms with Crippen molar-refractivity contribution >= 4 is 5.84 Å². The van der Waals surface area contributed by atoms with Crippen LogP contribution in [0.3, 0.4) is 0 Å². The molecule has 3 rings (SSSR count). The molecule has 90 valence electrons. The number of amidine groups is 1. The van der Waals surface area contributed by atoms with Crippen molar-refractivity contribution in [2.24, 2.45) is 16.6 Å². The van der Waals surface area contributed by atoms with Crippen molar-refractivity contribution in [1.82, 2.24) is 0 Å². The van der Waals surface area contributed by atoms with Crippen molar-refractivity contribution < 1.29 is 0 Å². The monoisotopic (exact) mass is 228 g/mol. The van der Waals surface area contributed by atoms with Crippen LogP contribution in [0.25, 0.3) is 0 Å². The number of fused-ring (bicyclic) bond motifs is 1. The van der Waals surface area contributed by atoms with Gasteiger partial charge in [0.25, 0.3) is 0 Å². The summed E-state index contributed by atoms with van der Waals surface area (Å²) in [5, 5.41) is 0. The topological polar surface area (TPSA) is 38.4 Å². The molecule has 0 spiro atoms. The third-order valence-corrected chi connectivity index (χ3v) is 4.13. The third-order valence-electron chi connectivity index (χ3n) is 4.13. The highest BCUT2D eigenvalue weighted by Crippen LogP contribution is 2.27. The minimum Gasteiger partial charge on any atom is -0.387 e. The fourth-order valence-electron chi connectivity index (χ4n) is 3.16. The Labute approximate surface area is 103 Å². The maximum Gasteiger partial charge on any atom is 0.0972 e. The van der Waals surface area contributed by atoms with Crippen LogP contribution < -0.4 is 5.73 Å². The zero-order chi connectivity index (χ0) is 11.7. The van der Waals surface area contributed by atoms with E-state index in [-0.39, 0.29) is 0 Å². The lowest BCUT2D eigenvalue weighted by molar-refractivity contribution is 0.674. The molecular weight excluding hydrogens is 208 g/mol. The van der Waals surface area contributed by atoms with Gasteiger partial charge in [0.15, 0.2) is 0 Å². The van der Waals surface area contributed by atoms with Crippen molar-refractivity contribution in [1.29, 1.82) is 0 Å². The number of hydrogen-bond donors (Lipinski definition) is 1. The van der Waals surface area contributed by atoms with Gasteiger partial charge in [-0.1, -0.05) is 37.1 Å². The Balaban J connectivity index is 1.70. The Kier molecular flexibility index (Phi) is 2.87. The standard InChI is InChI=1S/C15H20N2/c16-15(11-5-1-2-6-11)17-14-9-12-7-3-4-8-13(12)10-14/h3-4,7-8,11,14H,1-2,5-6,9-10H2,(H2,16,17). The number of nitrogens with zero attached hydrogens (tertiary/aromatic N) is 1. The summed E-state index contributed by atoms with van der Waals surface area (Å²) in [5.74, 6) is 1.49. The van der Waals surface area contributed by atoms with E-state index in [1.165, 1.54) is 36.8 Å². The van der Waals surface area contributed by atoms with Crippen molar-refractivity contribution in [3.8, 4) is 0 Å². The van der Waals surface area contributed by atoms with E-state index in [0.29, 0.717) is 12.0 Å². The van der Waals surface area contributed by atoms with Gasteiger partial charge >= 0.3 is 0 Å².